The highest BCUT2D eigenvalue weighted by atomic mass is 32.2. The third-order valence-electron chi connectivity index (χ3n) is 3.95. The third-order valence-corrected chi connectivity index (χ3v) is 4.86. The van der Waals surface area contributed by atoms with Crippen molar-refractivity contribution in [3.05, 3.63) is 54.1 Å². The van der Waals surface area contributed by atoms with Crippen LogP contribution in [0.2, 0.25) is 0 Å². The summed E-state index contributed by atoms with van der Waals surface area (Å²) in [5.74, 6) is 1.95. The second-order valence-corrected chi connectivity index (χ2v) is 7.91. The van der Waals surface area contributed by atoms with E-state index in [9.17, 15) is 8.42 Å². The summed E-state index contributed by atoms with van der Waals surface area (Å²) in [6, 6.07) is 13.9. The van der Waals surface area contributed by atoms with E-state index in [1.807, 2.05) is 38.1 Å². The first-order valence-electron chi connectivity index (χ1n) is 9.27. The highest BCUT2D eigenvalue weighted by molar-refractivity contribution is 7.89. The lowest BCUT2D eigenvalue weighted by Gasteiger charge is -2.19. The first-order valence-corrected chi connectivity index (χ1v) is 10.8. The molecule has 2 rings (SSSR count). The fraction of sp³-hybridized carbons (Fsp3) is 0.350. The smallest absolute Gasteiger partial charge is 0.238 e. The average Bonchev–Trinajstić information content (AvgIpc) is 2.70. The van der Waals surface area contributed by atoms with E-state index in [0.717, 1.165) is 5.56 Å². The molecule has 8 nitrogen and oxygen atoms in total. The second kappa shape index (κ2) is 10.7. The number of methoxy groups -OCH3 is 1. The lowest BCUT2D eigenvalue weighted by Crippen LogP contribution is -2.41. The summed E-state index contributed by atoms with van der Waals surface area (Å²) in [6.45, 7) is 5.42. The van der Waals surface area contributed by atoms with E-state index < -0.39 is 10.0 Å². The Hall–Kier alpha value is -2.78. The molecular weight excluding hydrogens is 392 g/mol. The number of benzene rings is 2. The molecule has 1 atom stereocenters. The summed E-state index contributed by atoms with van der Waals surface area (Å²) in [7, 11) is -2.13. The maximum absolute atomic E-state index is 11.5. The molecule has 158 valence electrons. The van der Waals surface area contributed by atoms with Crippen LogP contribution in [0.4, 0.5) is 0 Å². The van der Waals surface area contributed by atoms with E-state index in [0.29, 0.717) is 37.1 Å². The zero-order valence-electron chi connectivity index (χ0n) is 16.9. The van der Waals surface area contributed by atoms with Gasteiger partial charge in [0.15, 0.2) is 17.5 Å². The molecule has 29 heavy (non-hydrogen) atoms. The predicted molar refractivity (Wildman–Crippen MR) is 114 cm³/mol. The molecular formula is C20H28N4O4S. The van der Waals surface area contributed by atoms with Crippen molar-refractivity contribution in [1.29, 1.82) is 0 Å². The zero-order chi connectivity index (χ0) is 21.3. The van der Waals surface area contributed by atoms with Gasteiger partial charge in [-0.2, -0.15) is 0 Å². The van der Waals surface area contributed by atoms with Crippen LogP contribution in [0.5, 0.6) is 11.5 Å². The zero-order valence-corrected chi connectivity index (χ0v) is 17.7. The summed E-state index contributed by atoms with van der Waals surface area (Å²) in [4.78, 5) is 4.57. The summed E-state index contributed by atoms with van der Waals surface area (Å²) >= 11 is 0. The van der Waals surface area contributed by atoms with Crippen LogP contribution < -0.4 is 25.2 Å². The number of rotatable bonds is 9. The normalized spacial score (nSPS) is 12.9. The van der Waals surface area contributed by atoms with Crippen molar-refractivity contribution >= 4 is 16.0 Å². The molecule has 0 saturated carbocycles. The Kier molecular flexibility index (Phi) is 8.29. The minimum absolute atomic E-state index is 0.0713. The molecule has 0 radical (unpaired) electrons. The van der Waals surface area contributed by atoms with Gasteiger partial charge >= 0.3 is 0 Å². The Morgan fingerprint density at radius 2 is 1.86 bits per heavy atom. The largest absolute Gasteiger partial charge is 0.493 e. The van der Waals surface area contributed by atoms with Crippen molar-refractivity contribution in [2.45, 2.75) is 31.4 Å². The molecule has 0 bridgehead atoms. The van der Waals surface area contributed by atoms with Crippen molar-refractivity contribution in [2.24, 2.45) is 10.1 Å². The minimum Gasteiger partial charge on any atom is -0.493 e. The highest BCUT2D eigenvalue weighted by Crippen LogP contribution is 2.26. The van der Waals surface area contributed by atoms with Crippen LogP contribution in [0, 0.1) is 0 Å². The molecule has 0 heterocycles. The molecule has 1 unspecified atom stereocenters. The highest BCUT2D eigenvalue weighted by Gasteiger charge is 2.10. The molecule has 2 aromatic rings. The quantitative estimate of drug-likeness (QED) is 0.421. The van der Waals surface area contributed by atoms with Gasteiger partial charge in [-0.15, -0.1) is 0 Å². The van der Waals surface area contributed by atoms with Crippen molar-refractivity contribution in [3.63, 3.8) is 0 Å². The minimum atomic E-state index is -3.74. The van der Waals surface area contributed by atoms with Gasteiger partial charge in [-0.1, -0.05) is 24.3 Å². The standard InChI is InChI=1S/C20H28N4O4S/c1-4-22-20(24-14-16-8-7-9-17(12-16)29(21,25)26)23-13-15(2)28-19-11-6-5-10-18(19)27-3/h5-12,15H,4,13-14H2,1-3H3,(H2,21,25,26)(H2,22,23,24). The monoisotopic (exact) mass is 420 g/mol. The van der Waals surface area contributed by atoms with E-state index in [1.165, 1.54) is 12.1 Å². The summed E-state index contributed by atoms with van der Waals surface area (Å²) < 4.78 is 34.2. The van der Waals surface area contributed by atoms with Gasteiger partial charge in [0.1, 0.15) is 6.10 Å². The molecule has 0 fully saturated rings. The number of sulfonamides is 1. The van der Waals surface area contributed by atoms with E-state index in [-0.39, 0.29) is 11.0 Å². The summed E-state index contributed by atoms with van der Waals surface area (Å²) in [6.07, 6.45) is -0.138. The maximum atomic E-state index is 11.5. The van der Waals surface area contributed by atoms with Gasteiger partial charge < -0.3 is 20.1 Å². The second-order valence-electron chi connectivity index (χ2n) is 6.35. The van der Waals surface area contributed by atoms with Crippen LogP contribution >= 0.6 is 0 Å². The van der Waals surface area contributed by atoms with Gasteiger partial charge in [0.25, 0.3) is 0 Å². The van der Waals surface area contributed by atoms with Crippen LogP contribution in [0.1, 0.15) is 19.4 Å². The Bertz CT molecular complexity index is 932. The number of hydrogen-bond donors (Lipinski definition) is 3. The van der Waals surface area contributed by atoms with Crippen molar-refractivity contribution in [2.75, 3.05) is 20.2 Å². The Morgan fingerprint density at radius 3 is 2.52 bits per heavy atom. The van der Waals surface area contributed by atoms with Crippen LogP contribution in [-0.2, 0) is 16.6 Å². The van der Waals surface area contributed by atoms with Gasteiger partial charge in [0, 0.05) is 6.54 Å². The number of aliphatic imine (C=N–C) groups is 1. The molecule has 9 heteroatoms. The van der Waals surface area contributed by atoms with Crippen LogP contribution in [0.3, 0.4) is 0 Å². The fourth-order valence-electron chi connectivity index (χ4n) is 2.55. The molecule has 0 amide bonds. The van der Waals surface area contributed by atoms with Crippen LogP contribution in [0.25, 0.3) is 0 Å². The number of guanidine groups is 1. The summed E-state index contributed by atoms with van der Waals surface area (Å²) in [5.41, 5.74) is 0.743. The van der Waals surface area contributed by atoms with E-state index in [2.05, 4.69) is 15.6 Å². The number of hydrogen-bond acceptors (Lipinski definition) is 5. The molecule has 0 spiro atoms. The fourth-order valence-corrected chi connectivity index (χ4v) is 3.13. The molecule has 0 aromatic heterocycles. The molecule has 2 aromatic carbocycles. The molecule has 4 N–H and O–H groups in total. The maximum Gasteiger partial charge on any atom is 0.238 e. The Labute approximate surface area is 172 Å². The van der Waals surface area contributed by atoms with Gasteiger partial charge in [0.05, 0.1) is 25.1 Å². The van der Waals surface area contributed by atoms with Crippen molar-refractivity contribution in [3.8, 4) is 11.5 Å². The van der Waals surface area contributed by atoms with Crippen LogP contribution in [-0.4, -0.2) is 40.7 Å². The number of nitrogens with zero attached hydrogens (tertiary/aromatic N) is 1. The SMILES string of the molecule is CCNC(=NCc1cccc(S(N)(=O)=O)c1)NCC(C)Oc1ccccc1OC. The van der Waals surface area contributed by atoms with Gasteiger partial charge in [0.2, 0.25) is 10.0 Å². The topological polar surface area (TPSA) is 115 Å². The molecule has 0 saturated heterocycles. The number of nitrogens with two attached hydrogens (primary N) is 1. The number of ether oxygens (including phenoxy) is 2. The lowest BCUT2D eigenvalue weighted by atomic mass is 10.2. The summed E-state index contributed by atoms with van der Waals surface area (Å²) in [5, 5.41) is 11.6. The third kappa shape index (κ3) is 7.28. The van der Waals surface area contributed by atoms with Crippen molar-refractivity contribution in [1.82, 2.24) is 10.6 Å². The lowest BCUT2D eigenvalue weighted by molar-refractivity contribution is 0.213. The van der Waals surface area contributed by atoms with E-state index in [1.54, 1.807) is 19.2 Å². The Balaban J connectivity index is 1.99. The predicted octanol–water partition coefficient (Wildman–Crippen LogP) is 1.87. The number of para-hydroxylation sites is 2. The molecule has 0 aliphatic heterocycles. The van der Waals surface area contributed by atoms with E-state index in [4.69, 9.17) is 14.6 Å². The average molecular weight is 421 g/mol. The van der Waals surface area contributed by atoms with Gasteiger partial charge in [-0.05, 0) is 43.7 Å². The molecule has 0 aliphatic carbocycles. The number of nitrogens with one attached hydrogen (secondary N) is 2. The molecule has 0 aliphatic rings. The number of primary sulfonamides is 1. The first-order chi connectivity index (χ1) is 13.8. The van der Waals surface area contributed by atoms with Gasteiger partial charge in [-0.3, -0.25) is 0 Å². The first kappa shape index (κ1) is 22.5. The van der Waals surface area contributed by atoms with Crippen molar-refractivity contribution < 1.29 is 17.9 Å². The van der Waals surface area contributed by atoms with Crippen LogP contribution in [0.15, 0.2) is 58.4 Å². The Morgan fingerprint density at radius 1 is 1.14 bits per heavy atom. The van der Waals surface area contributed by atoms with Gasteiger partial charge in [-0.25, -0.2) is 18.5 Å². The van der Waals surface area contributed by atoms with E-state index >= 15 is 0 Å².